The summed E-state index contributed by atoms with van der Waals surface area (Å²) in [6.07, 6.45) is 2.33. The van der Waals surface area contributed by atoms with Gasteiger partial charge in [0.25, 0.3) is 0 Å². The number of benzene rings is 1. The van der Waals surface area contributed by atoms with Crippen molar-refractivity contribution < 1.29 is 4.74 Å². The molecular weight excluding hydrogens is 224 g/mol. The van der Waals surface area contributed by atoms with E-state index in [9.17, 15) is 0 Å². The summed E-state index contributed by atoms with van der Waals surface area (Å²) in [7, 11) is 0. The zero-order valence-electron chi connectivity index (χ0n) is 10.9. The smallest absolute Gasteiger partial charge is 0.0995 e. The van der Waals surface area contributed by atoms with E-state index in [1.165, 1.54) is 6.42 Å². The first-order valence-electron chi connectivity index (χ1n) is 6.65. The van der Waals surface area contributed by atoms with Crippen LogP contribution in [0.25, 0.3) is 0 Å². The third-order valence-electron chi connectivity index (χ3n) is 3.48. The summed E-state index contributed by atoms with van der Waals surface area (Å²) < 4.78 is 5.55. The highest BCUT2D eigenvalue weighted by Gasteiger charge is 2.22. The molecule has 1 heterocycles. The predicted octanol–water partition coefficient (Wildman–Crippen LogP) is 2.56. The van der Waals surface area contributed by atoms with Gasteiger partial charge < -0.3 is 4.74 Å². The maximum absolute atomic E-state index is 9.12. The maximum Gasteiger partial charge on any atom is 0.0995 e. The van der Waals surface area contributed by atoms with Crippen LogP contribution in [0, 0.1) is 11.3 Å². The Morgan fingerprint density at radius 2 is 2.28 bits per heavy atom. The van der Waals surface area contributed by atoms with E-state index in [1.807, 2.05) is 18.2 Å². The highest BCUT2D eigenvalue weighted by molar-refractivity contribution is 5.37. The Morgan fingerprint density at radius 1 is 1.44 bits per heavy atom. The molecule has 18 heavy (non-hydrogen) atoms. The molecule has 1 fully saturated rings. The first kappa shape index (κ1) is 13.1. The van der Waals surface area contributed by atoms with E-state index in [0.29, 0.717) is 6.04 Å². The van der Waals surface area contributed by atoms with Crippen molar-refractivity contribution in [3.8, 4) is 6.07 Å². The van der Waals surface area contributed by atoms with Crippen molar-refractivity contribution in [2.75, 3.05) is 19.8 Å². The molecule has 0 amide bonds. The van der Waals surface area contributed by atoms with E-state index in [1.54, 1.807) is 0 Å². The monoisotopic (exact) mass is 244 g/mol. The van der Waals surface area contributed by atoms with E-state index >= 15 is 0 Å². The molecule has 1 aromatic carbocycles. The van der Waals surface area contributed by atoms with Crippen molar-refractivity contribution in [3.63, 3.8) is 0 Å². The Hall–Kier alpha value is -1.37. The van der Waals surface area contributed by atoms with Crippen molar-refractivity contribution in [1.29, 1.82) is 5.26 Å². The Bertz CT molecular complexity index is 423. The van der Waals surface area contributed by atoms with Gasteiger partial charge in [-0.2, -0.15) is 5.26 Å². The van der Waals surface area contributed by atoms with Crippen LogP contribution in [0.3, 0.4) is 0 Å². The van der Waals surface area contributed by atoms with Gasteiger partial charge in [0.15, 0.2) is 0 Å². The SMILES string of the molecule is CCC[C@@H]1COCCN1Cc1ccccc1C#N. The van der Waals surface area contributed by atoms with Gasteiger partial charge in [0.05, 0.1) is 24.8 Å². The zero-order valence-corrected chi connectivity index (χ0v) is 10.9. The molecule has 96 valence electrons. The lowest BCUT2D eigenvalue weighted by atomic mass is 10.1. The molecule has 1 aromatic rings. The van der Waals surface area contributed by atoms with E-state index in [0.717, 1.165) is 43.9 Å². The second kappa shape index (κ2) is 6.53. The molecule has 0 radical (unpaired) electrons. The van der Waals surface area contributed by atoms with Crippen molar-refractivity contribution in [3.05, 3.63) is 35.4 Å². The van der Waals surface area contributed by atoms with Gasteiger partial charge in [-0.15, -0.1) is 0 Å². The quantitative estimate of drug-likeness (QED) is 0.816. The maximum atomic E-state index is 9.12. The van der Waals surface area contributed by atoms with Gasteiger partial charge in [0.1, 0.15) is 0 Å². The fourth-order valence-corrected chi connectivity index (χ4v) is 2.48. The minimum absolute atomic E-state index is 0.496. The van der Waals surface area contributed by atoms with Crippen LogP contribution in [0.5, 0.6) is 0 Å². The van der Waals surface area contributed by atoms with Gasteiger partial charge in [0.2, 0.25) is 0 Å². The van der Waals surface area contributed by atoms with Crippen LogP contribution in [0.2, 0.25) is 0 Å². The van der Waals surface area contributed by atoms with Gasteiger partial charge in [-0.3, -0.25) is 4.90 Å². The van der Waals surface area contributed by atoms with Gasteiger partial charge in [0, 0.05) is 19.1 Å². The Morgan fingerprint density at radius 3 is 3.06 bits per heavy atom. The van der Waals surface area contributed by atoms with E-state index in [-0.39, 0.29) is 0 Å². The molecule has 0 unspecified atom stereocenters. The number of morpholine rings is 1. The second-order valence-corrected chi connectivity index (χ2v) is 4.76. The largest absolute Gasteiger partial charge is 0.378 e. The molecule has 0 aliphatic carbocycles. The third kappa shape index (κ3) is 3.10. The van der Waals surface area contributed by atoms with Crippen molar-refractivity contribution in [2.45, 2.75) is 32.4 Å². The number of hydrogen-bond acceptors (Lipinski definition) is 3. The molecular formula is C15H20N2O. The Labute approximate surface area is 109 Å². The van der Waals surface area contributed by atoms with Crippen LogP contribution in [0.15, 0.2) is 24.3 Å². The summed E-state index contributed by atoms with van der Waals surface area (Å²) in [6, 6.07) is 10.6. The molecule has 1 atom stereocenters. The lowest BCUT2D eigenvalue weighted by Crippen LogP contribution is -2.44. The van der Waals surface area contributed by atoms with Crippen LogP contribution in [-0.2, 0) is 11.3 Å². The first-order chi connectivity index (χ1) is 8.85. The minimum atomic E-state index is 0.496. The second-order valence-electron chi connectivity index (χ2n) is 4.76. The van der Waals surface area contributed by atoms with Crippen LogP contribution >= 0.6 is 0 Å². The van der Waals surface area contributed by atoms with E-state index in [2.05, 4.69) is 24.0 Å². The third-order valence-corrected chi connectivity index (χ3v) is 3.48. The van der Waals surface area contributed by atoms with Gasteiger partial charge >= 0.3 is 0 Å². The molecule has 1 aliphatic rings. The first-order valence-corrected chi connectivity index (χ1v) is 6.65. The highest BCUT2D eigenvalue weighted by Crippen LogP contribution is 2.18. The number of ether oxygens (including phenoxy) is 1. The molecule has 1 aliphatic heterocycles. The summed E-state index contributed by atoms with van der Waals surface area (Å²) in [4.78, 5) is 2.45. The molecule has 3 nitrogen and oxygen atoms in total. The Kier molecular flexibility index (Phi) is 4.74. The minimum Gasteiger partial charge on any atom is -0.378 e. The zero-order chi connectivity index (χ0) is 12.8. The van der Waals surface area contributed by atoms with Crippen LogP contribution in [0.4, 0.5) is 0 Å². The number of nitriles is 1. The summed E-state index contributed by atoms with van der Waals surface area (Å²) in [5.41, 5.74) is 1.92. The Balaban J connectivity index is 2.09. The number of hydrogen-bond donors (Lipinski definition) is 0. The van der Waals surface area contributed by atoms with Crippen molar-refractivity contribution in [2.24, 2.45) is 0 Å². The fourth-order valence-electron chi connectivity index (χ4n) is 2.48. The predicted molar refractivity (Wildman–Crippen MR) is 71.1 cm³/mol. The standard InChI is InChI=1S/C15H20N2O/c1-2-5-15-12-18-9-8-17(15)11-14-7-4-3-6-13(14)10-16/h3-4,6-7,15H,2,5,8-9,11-12H2,1H3/t15-/m1/s1. The van der Waals surface area contributed by atoms with E-state index in [4.69, 9.17) is 10.00 Å². The average molecular weight is 244 g/mol. The van der Waals surface area contributed by atoms with Gasteiger partial charge in [-0.05, 0) is 18.1 Å². The molecule has 0 aromatic heterocycles. The van der Waals surface area contributed by atoms with Gasteiger partial charge in [-0.25, -0.2) is 0 Å². The highest BCUT2D eigenvalue weighted by atomic mass is 16.5. The van der Waals surface area contributed by atoms with Crippen LogP contribution in [0.1, 0.15) is 30.9 Å². The molecule has 0 saturated carbocycles. The molecule has 3 heteroatoms. The van der Waals surface area contributed by atoms with Crippen LogP contribution < -0.4 is 0 Å². The average Bonchev–Trinajstić information content (AvgIpc) is 2.42. The molecule has 0 spiro atoms. The molecule has 2 rings (SSSR count). The fraction of sp³-hybridized carbons (Fsp3) is 0.533. The number of rotatable bonds is 4. The lowest BCUT2D eigenvalue weighted by molar-refractivity contribution is -0.0147. The normalized spacial score (nSPS) is 20.6. The van der Waals surface area contributed by atoms with Gasteiger partial charge in [-0.1, -0.05) is 31.5 Å². The molecule has 1 saturated heterocycles. The molecule has 0 N–H and O–H groups in total. The number of nitrogens with zero attached hydrogens (tertiary/aromatic N) is 2. The van der Waals surface area contributed by atoms with Crippen molar-refractivity contribution >= 4 is 0 Å². The molecule has 0 bridgehead atoms. The topological polar surface area (TPSA) is 36.3 Å². The summed E-state index contributed by atoms with van der Waals surface area (Å²) in [6.45, 7) is 5.65. The lowest BCUT2D eigenvalue weighted by Gasteiger charge is -2.35. The summed E-state index contributed by atoms with van der Waals surface area (Å²) in [5, 5.41) is 9.12. The summed E-state index contributed by atoms with van der Waals surface area (Å²) >= 11 is 0. The van der Waals surface area contributed by atoms with Crippen LogP contribution in [-0.4, -0.2) is 30.7 Å². The van der Waals surface area contributed by atoms with E-state index < -0.39 is 0 Å². The summed E-state index contributed by atoms with van der Waals surface area (Å²) in [5.74, 6) is 0. The van der Waals surface area contributed by atoms with Crippen molar-refractivity contribution in [1.82, 2.24) is 4.90 Å².